The number of halogens is 6. The number of primary amides is 1. The number of alkyl halides is 6. The predicted octanol–water partition coefficient (Wildman–Crippen LogP) is 4.77. The van der Waals surface area contributed by atoms with Crippen LogP contribution in [0.2, 0.25) is 0 Å². The van der Waals surface area contributed by atoms with E-state index in [9.17, 15) is 36.2 Å². The molecule has 0 unspecified atom stereocenters. The van der Waals surface area contributed by atoms with E-state index < -0.39 is 30.2 Å². The molecule has 13 nitrogen and oxygen atoms in total. The second-order valence-electron chi connectivity index (χ2n) is 9.82. The molecule has 49 heavy (non-hydrogen) atoms. The quantitative estimate of drug-likeness (QED) is 0.128. The number of pyridine rings is 1. The average molecular weight is 706 g/mol. The van der Waals surface area contributed by atoms with E-state index in [0.29, 0.717) is 41.1 Å². The molecule has 19 heteroatoms. The second-order valence-corrected chi connectivity index (χ2v) is 9.82. The van der Waals surface area contributed by atoms with Crippen LogP contribution in [0, 0.1) is 18.3 Å². The number of aliphatic hydroxyl groups excluding tert-OH is 1. The molecule has 1 aromatic heterocycles. The fourth-order valence-electron chi connectivity index (χ4n) is 3.79. The number of aromatic nitrogens is 1. The Bertz CT molecular complexity index is 1620. The van der Waals surface area contributed by atoms with Crippen molar-refractivity contribution in [1.82, 2.24) is 9.88 Å². The molecule has 1 heterocycles. The van der Waals surface area contributed by atoms with Crippen LogP contribution in [0.4, 0.5) is 37.7 Å². The van der Waals surface area contributed by atoms with Crippen LogP contribution in [0.5, 0.6) is 11.5 Å². The molecule has 1 amide bonds. The summed E-state index contributed by atoms with van der Waals surface area (Å²) in [6.45, 7) is 3.79. The zero-order chi connectivity index (χ0) is 37.5. The normalized spacial score (nSPS) is 11.0. The molecule has 0 aliphatic rings. The van der Waals surface area contributed by atoms with Crippen molar-refractivity contribution < 1.29 is 65.5 Å². The topological polar surface area (TPSA) is 208 Å². The molecule has 0 aliphatic carbocycles. The molecule has 3 rings (SSSR count). The lowest BCUT2D eigenvalue weighted by Gasteiger charge is -2.18. The smallest absolute Gasteiger partial charge is 0.490 e. The Labute approximate surface area is 275 Å². The van der Waals surface area contributed by atoms with Gasteiger partial charge in [-0.25, -0.2) is 9.59 Å². The van der Waals surface area contributed by atoms with E-state index in [2.05, 4.69) is 21.3 Å². The number of nitrogens with zero attached hydrogens (tertiary/aromatic N) is 3. The number of aliphatic hydroxyl groups is 1. The van der Waals surface area contributed by atoms with Gasteiger partial charge >= 0.3 is 24.3 Å². The lowest BCUT2D eigenvalue weighted by Crippen LogP contribution is -2.22. The summed E-state index contributed by atoms with van der Waals surface area (Å²) in [5.74, 6) is -5.08. The summed E-state index contributed by atoms with van der Waals surface area (Å²) in [5.41, 5.74) is 9.39. The number of hydrogen-bond donors (Lipinski definition) is 5. The Hall–Kier alpha value is -5.35. The lowest BCUT2D eigenvalue weighted by atomic mass is 10.0. The highest BCUT2D eigenvalue weighted by Gasteiger charge is 2.38. The first-order valence-corrected chi connectivity index (χ1v) is 13.8. The molecule has 0 saturated carbocycles. The van der Waals surface area contributed by atoms with Crippen LogP contribution in [-0.2, 0) is 16.2 Å². The van der Waals surface area contributed by atoms with Gasteiger partial charge in [-0.2, -0.15) is 31.6 Å². The van der Waals surface area contributed by atoms with Crippen LogP contribution >= 0.6 is 0 Å². The van der Waals surface area contributed by atoms with E-state index in [1.54, 1.807) is 19.2 Å². The van der Waals surface area contributed by atoms with Gasteiger partial charge in [-0.05, 0) is 43.7 Å². The number of carboxylic acid groups (broad SMARTS) is 2. The van der Waals surface area contributed by atoms with Crippen molar-refractivity contribution in [2.24, 2.45) is 5.73 Å². The summed E-state index contributed by atoms with van der Waals surface area (Å²) in [5, 5.41) is 36.5. The van der Waals surface area contributed by atoms with Gasteiger partial charge in [0, 0.05) is 42.8 Å². The number of carbonyl (C=O) groups excluding carboxylic acids is 1. The standard InChI is InChI=1S/C26H31N5O4.2C2HF3O2/c1-17-18(16-32)7-4-8-21(17)30-25-19-13-23(34-3)24(14-22(19)29-15-20(25)26(28)33)35-12-6-11-31(2)10-5-9-27;2*3-2(4,5)1(6)7/h4,7-8,13-15,32H,5-6,10-12,16H2,1-3H3,(H2,28,33)(H,29,30);2*(H,6,7). The molecule has 0 radical (unpaired) electrons. The molecule has 0 spiro atoms. The van der Waals surface area contributed by atoms with Gasteiger partial charge in [0.15, 0.2) is 11.5 Å². The number of aliphatic carboxylic acids is 2. The third-order valence-electron chi connectivity index (χ3n) is 6.33. The summed E-state index contributed by atoms with van der Waals surface area (Å²) < 4.78 is 75.0. The van der Waals surface area contributed by atoms with E-state index in [4.69, 9.17) is 40.3 Å². The third kappa shape index (κ3) is 13.4. The van der Waals surface area contributed by atoms with Gasteiger partial charge in [0.1, 0.15) is 0 Å². The monoisotopic (exact) mass is 705 g/mol. The van der Waals surface area contributed by atoms with Crippen LogP contribution in [-0.4, -0.2) is 89.3 Å². The first-order valence-electron chi connectivity index (χ1n) is 13.8. The number of hydrogen-bond acceptors (Lipinski definition) is 10. The molecule has 3 aromatic rings. The molecular formula is C30H33F6N5O8. The maximum absolute atomic E-state index is 12.2. The summed E-state index contributed by atoms with van der Waals surface area (Å²) in [6, 6.07) is 11.2. The van der Waals surface area contributed by atoms with Crippen molar-refractivity contribution in [3.63, 3.8) is 0 Å². The zero-order valence-electron chi connectivity index (χ0n) is 26.3. The molecule has 0 aliphatic heterocycles. The highest BCUT2D eigenvalue weighted by Crippen LogP contribution is 2.38. The van der Waals surface area contributed by atoms with E-state index in [-0.39, 0.29) is 12.2 Å². The number of carbonyl (C=O) groups is 3. The number of rotatable bonds is 12. The zero-order valence-corrected chi connectivity index (χ0v) is 26.3. The van der Waals surface area contributed by atoms with Crippen molar-refractivity contribution in [3.05, 3.63) is 53.2 Å². The lowest BCUT2D eigenvalue weighted by molar-refractivity contribution is -0.193. The first-order chi connectivity index (χ1) is 22.8. The minimum absolute atomic E-state index is 0.0935. The Balaban J connectivity index is 0.000000717. The van der Waals surface area contributed by atoms with Gasteiger partial charge in [0.25, 0.3) is 5.91 Å². The van der Waals surface area contributed by atoms with Gasteiger partial charge in [-0.3, -0.25) is 9.78 Å². The number of amides is 1. The number of nitrogens with one attached hydrogen (secondary N) is 1. The Kier molecular flexibility index (Phi) is 16.0. The summed E-state index contributed by atoms with van der Waals surface area (Å²) in [6.07, 6.45) is -7.45. The highest BCUT2D eigenvalue weighted by atomic mass is 19.4. The molecule has 0 fully saturated rings. The first kappa shape index (κ1) is 41.7. The average Bonchev–Trinajstić information content (AvgIpc) is 3.02. The summed E-state index contributed by atoms with van der Waals surface area (Å²) in [7, 11) is 3.53. The molecule has 6 N–H and O–H groups in total. The van der Waals surface area contributed by atoms with E-state index in [1.807, 2.05) is 32.2 Å². The molecule has 268 valence electrons. The summed E-state index contributed by atoms with van der Waals surface area (Å²) >= 11 is 0. The minimum Gasteiger partial charge on any atom is -0.493 e. The maximum atomic E-state index is 12.2. The molecule has 2 aromatic carbocycles. The van der Waals surface area contributed by atoms with Gasteiger partial charge < -0.3 is 40.7 Å². The number of benzene rings is 2. The molecule has 0 atom stereocenters. The number of fused-ring (bicyclic) bond motifs is 1. The molecule has 0 saturated heterocycles. The fourth-order valence-corrected chi connectivity index (χ4v) is 3.79. The van der Waals surface area contributed by atoms with Gasteiger partial charge in [0.2, 0.25) is 0 Å². The number of carboxylic acids is 2. The van der Waals surface area contributed by atoms with Gasteiger partial charge in [-0.15, -0.1) is 0 Å². The van der Waals surface area contributed by atoms with Gasteiger partial charge in [-0.1, -0.05) is 12.1 Å². The molecule has 0 bridgehead atoms. The Morgan fingerprint density at radius 2 is 1.63 bits per heavy atom. The van der Waals surface area contributed by atoms with E-state index in [1.165, 1.54) is 6.20 Å². The highest BCUT2D eigenvalue weighted by molar-refractivity contribution is 6.08. The third-order valence-corrected chi connectivity index (χ3v) is 6.33. The van der Waals surface area contributed by atoms with Crippen molar-refractivity contribution in [3.8, 4) is 17.6 Å². The Morgan fingerprint density at radius 3 is 2.12 bits per heavy atom. The van der Waals surface area contributed by atoms with Crippen LogP contribution < -0.4 is 20.5 Å². The maximum Gasteiger partial charge on any atom is 0.490 e. The summed E-state index contributed by atoms with van der Waals surface area (Å²) in [4.78, 5) is 36.5. The number of nitrogens with two attached hydrogens (primary N) is 1. The van der Waals surface area contributed by atoms with Gasteiger partial charge in [0.05, 0.1) is 43.2 Å². The van der Waals surface area contributed by atoms with Crippen molar-refractivity contribution >= 4 is 40.1 Å². The fraction of sp³-hybridized carbons (Fsp3) is 0.367. The van der Waals surface area contributed by atoms with Crippen molar-refractivity contribution in [1.29, 1.82) is 5.26 Å². The molecular weight excluding hydrogens is 672 g/mol. The Morgan fingerprint density at radius 1 is 1.04 bits per heavy atom. The number of methoxy groups -OCH3 is 1. The van der Waals surface area contributed by atoms with Crippen molar-refractivity contribution in [2.45, 2.75) is 38.7 Å². The van der Waals surface area contributed by atoms with Crippen LogP contribution in [0.3, 0.4) is 0 Å². The predicted molar refractivity (Wildman–Crippen MR) is 162 cm³/mol. The van der Waals surface area contributed by atoms with E-state index >= 15 is 0 Å². The largest absolute Gasteiger partial charge is 0.493 e. The second kappa shape index (κ2) is 18.8. The number of ether oxygens (including phenoxy) is 2. The minimum atomic E-state index is -5.08. The SMILES string of the molecule is COc1cc2c(Nc3cccc(CO)c3C)c(C(N)=O)cnc2cc1OCCCN(C)CCC#N.O=C(O)C(F)(F)F.O=C(O)C(F)(F)F. The van der Waals surface area contributed by atoms with E-state index in [0.717, 1.165) is 36.3 Å². The van der Waals surface area contributed by atoms with Crippen LogP contribution in [0.25, 0.3) is 10.9 Å². The van der Waals surface area contributed by atoms with Crippen molar-refractivity contribution in [2.75, 3.05) is 39.2 Å². The number of anilines is 2. The number of nitriles is 1. The van der Waals surface area contributed by atoms with Crippen LogP contribution in [0.15, 0.2) is 36.5 Å². The van der Waals surface area contributed by atoms with Crippen LogP contribution in [0.1, 0.15) is 34.3 Å².